The number of carboxylic acid groups (broad SMARTS) is 1. The number of aromatic carboxylic acids is 1. The number of carbonyl (C=O) groups is 1. The van der Waals surface area contributed by atoms with Crippen LogP contribution < -0.4 is 0 Å². The lowest BCUT2D eigenvalue weighted by molar-refractivity contribution is 0.0696. The van der Waals surface area contributed by atoms with Crippen LogP contribution in [0.5, 0.6) is 0 Å². The Morgan fingerprint density at radius 1 is 1.22 bits per heavy atom. The summed E-state index contributed by atoms with van der Waals surface area (Å²) >= 11 is 0. The number of nitrogens with zero attached hydrogens (tertiary/aromatic N) is 4. The first-order valence-corrected chi connectivity index (χ1v) is 10.0. The van der Waals surface area contributed by atoms with E-state index in [0.717, 1.165) is 18.4 Å². The van der Waals surface area contributed by atoms with Gasteiger partial charge in [-0.25, -0.2) is 4.79 Å². The molecule has 3 heterocycles. The minimum absolute atomic E-state index is 0.113. The van der Waals surface area contributed by atoms with Gasteiger partial charge in [0.15, 0.2) is 0 Å². The fourth-order valence-electron chi connectivity index (χ4n) is 3.21. The van der Waals surface area contributed by atoms with Gasteiger partial charge in [0.05, 0.1) is 11.3 Å². The minimum Gasteiger partial charge on any atom is -0.478 e. The van der Waals surface area contributed by atoms with Gasteiger partial charge in [-0.3, -0.25) is 9.97 Å². The molecule has 1 aliphatic heterocycles. The largest absolute Gasteiger partial charge is 0.478 e. The maximum absolute atomic E-state index is 12.2. The zero-order chi connectivity index (χ0) is 19.6. The molecule has 1 aliphatic rings. The maximum Gasteiger partial charge on any atom is 0.337 e. The number of carboxylic acids is 1. The molecule has 0 amide bonds. The van der Waals surface area contributed by atoms with Gasteiger partial charge in [-0.05, 0) is 42.5 Å². The summed E-state index contributed by atoms with van der Waals surface area (Å²) in [5.74, 6) is -0.800. The molecule has 27 heavy (non-hydrogen) atoms. The minimum atomic E-state index is -3.38. The summed E-state index contributed by atoms with van der Waals surface area (Å²) in [6, 6.07) is 5.41. The molecule has 0 saturated carbocycles. The zero-order valence-electron chi connectivity index (χ0n) is 15.2. The van der Waals surface area contributed by atoms with E-state index in [-0.39, 0.29) is 11.5 Å². The molecular weight excluding hydrogens is 368 g/mol. The van der Waals surface area contributed by atoms with E-state index in [4.69, 9.17) is 5.11 Å². The maximum atomic E-state index is 12.2. The molecule has 0 spiro atoms. The third-order valence-corrected chi connectivity index (χ3v) is 6.72. The number of piperidine rings is 1. The van der Waals surface area contributed by atoms with Gasteiger partial charge < -0.3 is 5.11 Å². The molecule has 2 aromatic rings. The van der Waals surface area contributed by atoms with Gasteiger partial charge in [0.2, 0.25) is 0 Å². The van der Waals surface area contributed by atoms with Crippen LogP contribution in [0, 0.1) is 0 Å². The molecule has 0 atom stereocenters. The van der Waals surface area contributed by atoms with E-state index in [1.807, 2.05) is 12.1 Å². The van der Waals surface area contributed by atoms with E-state index in [1.165, 1.54) is 28.9 Å². The molecule has 0 aromatic carbocycles. The molecule has 1 saturated heterocycles. The van der Waals surface area contributed by atoms with E-state index < -0.39 is 16.2 Å². The first-order chi connectivity index (χ1) is 12.8. The highest BCUT2D eigenvalue weighted by atomic mass is 32.2. The molecule has 144 valence electrons. The van der Waals surface area contributed by atoms with Crippen molar-refractivity contribution in [2.75, 3.05) is 27.2 Å². The molecule has 0 aliphatic carbocycles. The fourth-order valence-corrected chi connectivity index (χ4v) is 4.34. The number of aromatic nitrogens is 2. The first kappa shape index (κ1) is 19.4. The lowest BCUT2D eigenvalue weighted by Crippen LogP contribution is -2.44. The Hall–Kier alpha value is -2.36. The van der Waals surface area contributed by atoms with E-state index in [2.05, 4.69) is 9.97 Å². The van der Waals surface area contributed by atoms with Crippen molar-refractivity contribution in [1.82, 2.24) is 18.6 Å². The second-order valence-corrected chi connectivity index (χ2v) is 8.85. The number of hydrogen-bond acceptors (Lipinski definition) is 5. The summed E-state index contributed by atoms with van der Waals surface area (Å²) in [5, 5.41) is 9.13. The van der Waals surface area contributed by atoms with Crippen molar-refractivity contribution < 1.29 is 18.3 Å². The van der Waals surface area contributed by atoms with E-state index in [9.17, 15) is 13.2 Å². The molecule has 0 radical (unpaired) electrons. The first-order valence-electron chi connectivity index (χ1n) is 8.61. The highest BCUT2D eigenvalue weighted by Gasteiger charge is 2.30. The Bertz CT molecular complexity index is 938. The van der Waals surface area contributed by atoms with Gasteiger partial charge in [0.1, 0.15) is 0 Å². The Morgan fingerprint density at radius 2 is 1.93 bits per heavy atom. The van der Waals surface area contributed by atoms with Crippen LogP contribution in [-0.2, 0) is 10.2 Å². The van der Waals surface area contributed by atoms with Crippen molar-refractivity contribution in [2.45, 2.75) is 18.8 Å². The van der Waals surface area contributed by atoms with Gasteiger partial charge in [-0.1, -0.05) is 0 Å². The molecule has 1 N–H and O–H groups in total. The summed E-state index contributed by atoms with van der Waals surface area (Å²) in [6.07, 6.45) is 6.04. The van der Waals surface area contributed by atoms with Crippen LogP contribution in [0.1, 0.15) is 34.7 Å². The van der Waals surface area contributed by atoms with Gasteiger partial charge >= 0.3 is 5.97 Å². The molecule has 0 unspecified atom stereocenters. The van der Waals surface area contributed by atoms with Crippen LogP contribution in [0.3, 0.4) is 0 Å². The molecule has 1 fully saturated rings. The second kappa shape index (κ2) is 7.71. The Morgan fingerprint density at radius 3 is 2.56 bits per heavy atom. The predicted octanol–water partition coefficient (Wildman–Crippen LogP) is 1.83. The van der Waals surface area contributed by atoms with Crippen LogP contribution in [0.4, 0.5) is 0 Å². The number of pyridine rings is 2. The van der Waals surface area contributed by atoms with Crippen molar-refractivity contribution in [3.05, 3.63) is 47.9 Å². The number of rotatable bonds is 5. The molecule has 9 heteroatoms. The fraction of sp³-hybridized carbons (Fsp3) is 0.389. The lowest BCUT2D eigenvalue weighted by Gasteiger charge is -2.33. The van der Waals surface area contributed by atoms with Crippen LogP contribution in [0.25, 0.3) is 11.3 Å². The Balaban J connectivity index is 1.78. The quantitative estimate of drug-likeness (QED) is 0.835. The van der Waals surface area contributed by atoms with Crippen molar-refractivity contribution in [3.63, 3.8) is 0 Å². The smallest absolute Gasteiger partial charge is 0.337 e. The highest BCUT2D eigenvalue weighted by Crippen LogP contribution is 2.31. The van der Waals surface area contributed by atoms with Crippen LogP contribution >= 0.6 is 0 Å². The second-order valence-electron chi connectivity index (χ2n) is 6.71. The monoisotopic (exact) mass is 390 g/mol. The summed E-state index contributed by atoms with van der Waals surface area (Å²) in [4.78, 5) is 19.5. The van der Waals surface area contributed by atoms with Gasteiger partial charge in [0.25, 0.3) is 10.2 Å². The summed E-state index contributed by atoms with van der Waals surface area (Å²) < 4.78 is 27.2. The van der Waals surface area contributed by atoms with E-state index in [0.29, 0.717) is 24.3 Å². The van der Waals surface area contributed by atoms with Crippen LogP contribution in [0.2, 0.25) is 0 Å². The standard InChI is InChI=1S/C18H22N4O4S/c1-21(2)27(25,26)22-7-4-13(5-8-22)14-3-6-20-17(10-14)15-9-16(18(23)24)12-19-11-15/h3,6,9-13H,4-5,7-8H2,1-2H3,(H,23,24). The van der Waals surface area contributed by atoms with Crippen molar-refractivity contribution in [1.29, 1.82) is 0 Å². The average Bonchev–Trinajstić information content (AvgIpc) is 2.68. The van der Waals surface area contributed by atoms with Crippen molar-refractivity contribution >= 4 is 16.2 Å². The number of hydrogen-bond donors (Lipinski definition) is 1. The average molecular weight is 390 g/mol. The van der Waals surface area contributed by atoms with Gasteiger partial charge in [-0.15, -0.1) is 0 Å². The van der Waals surface area contributed by atoms with Crippen LogP contribution in [0.15, 0.2) is 36.8 Å². The summed E-state index contributed by atoms with van der Waals surface area (Å²) in [7, 11) is -0.304. The third-order valence-electron chi connectivity index (χ3n) is 4.78. The van der Waals surface area contributed by atoms with E-state index >= 15 is 0 Å². The lowest BCUT2D eigenvalue weighted by atomic mass is 9.90. The summed E-state index contributed by atoms with van der Waals surface area (Å²) in [5.41, 5.74) is 2.49. The van der Waals surface area contributed by atoms with Gasteiger partial charge in [0, 0.05) is 51.3 Å². The van der Waals surface area contributed by atoms with Crippen LogP contribution in [-0.4, -0.2) is 65.3 Å². The van der Waals surface area contributed by atoms with E-state index in [1.54, 1.807) is 18.5 Å². The predicted molar refractivity (Wildman–Crippen MR) is 101 cm³/mol. The van der Waals surface area contributed by atoms with Gasteiger partial charge in [-0.2, -0.15) is 17.0 Å². The normalized spacial score (nSPS) is 16.6. The molecular formula is C18H22N4O4S. The molecule has 0 bridgehead atoms. The van der Waals surface area contributed by atoms with Crippen molar-refractivity contribution in [2.24, 2.45) is 0 Å². The third kappa shape index (κ3) is 4.15. The Labute approximate surface area is 158 Å². The molecule has 2 aromatic heterocycles. The highest BCUT2D eigenvalue weighted by molar-refractivity contribution is 7.86. The summed E-state index contributed by atoms with van der Waals surface area (Å²) in [6.45, 7) is 0.942. The molecule has 8 nitrogen and oxygen atoms in total. The molecule has 3 rings (SSSR count). The topological polar surface area (TPSA) is 104 Å². The zero-order valence-corrected chi connectivity index (χ0v) is 16.1. The Kier molecular flexibility index (Phi) is 5.54. The van der Waals surface area contributed by atoms with Crippen molar-refractivity contribution in [3.8, 4) is 11.3 Å². The SMILES string of the molecule is CN(C)S(=O)(=O)N1CCC(c2ccnc(-c3cncc(C(=O)O)c3)c2)CC1.